The molecule has 3 rings (SSSR count). The van der Waals surface area contributed by atoms with Crippen LogP contribution in [-0.4, -0.2) is 10.3 Å². The molecule has 20 heavy (non-hydrogen) atoms. The van der Waals surface area contributed by atoms with E-state index in [1.54, 1.807) is 0 Å². The monoisotopic (exact) mass is 278 g/mol. The Balaban J connectivity index is 2.30. The fraction of sp³-hybridized carbons (Fsp3) is 0. The van der Waals surface area contributed by atoms with E-state index in [0.717, 1.165) is 16.0 Å². The van der Waals surface area contributed by atoms with Crippen molar-refractivity contribution in [3.8, 4) is 6.07 Å². The van der Waals surface area contributed by atoms with Crippen LogP contribution >= 0.6 is 11.8 Å². The van der Waals surface area contributed by atoms with Crippen molar-refractivity contribution in [3.05, 3.63) is 65.7 Å². The van der Waals surface area contributed by atoms with Gasteiger partial charge in [-0.25, -0.2) is 0 Å². The molecule has 0 aliphatic carbocycles. The molecular formula is C16H10N2OS. The van der Waals surface area contributed by atoms with E-state index < -0.39 is 0 Å². The first-order chi connectivity index (χ1) is 9.85. The maximum atomic E-state index is 9.52. The highest BCUT2D eigenvalue weighted by atomic mass is 32.2. The highest BCUT2D eigenvalue weighted by molar-refractivity contribution is 8.15. The molecule has 0 saturated carbocycles. The third-order valence-electron chi connectivity index (χ3n) is 3.09. The smallest absolute Gasteiger partial charge is 0.149 e. The molecule has 1 heterocycles. The van der Waals surface area contributed by atoms with Gasteiger partial charge in [0.25, 0.3) is 0 Å². The second-order valence-electron chi connectivity index (χ2n) is 4.23. The summed E-state index contributed by atoms with van der Waals surface area (Å²) in [5.74, 6) is 0. The molecule has 0 amide bonds. The van der Waals surface area contributed by atoms with Gasteiger partial charge in [0.05, 0.1) is 5.57 Å². The van der Waals surface area contributed by atoms with Crippen molar-refractivity contribution < 1.29 is 5.21 Å². The van der Waals surface area contributed by atoms with Gasteiger partial charge in [-0.2, -0.15) is 5.26 Å². The Kier molecular flexibility index (Phi) is 3.28. The number of nitrogens with zero attached hydrogens (tertiary/aromatic N) is 2. The predicted molar refractivity (Wildman–Crippen MR) is 80.4 cm³/mol. The van der Waals surface area contributed by atoms with Crippen molar-refractivity contribution in [2.45, 2.75) is 4.90 Å². The van der Waals surface area contributed by atoms with E-state index in [1.807, 2.05) is 54.6 Å². The molecule has 1 N–H and O–H groups in total. The first-order valence-electron chi connectivity index (χ1n) is 6.04. The van der Waals surface area contributed by atoms with Crippen LogP contribution in [0.4, 0.5) is 0 Å². The molecule has 0 radical (unpaired) electrons. The second kappa shape index (κ2) is 5.24. The topological polar surface area (TPSA) is 56.4 Å². The average Bonchev–Trinajstić information content (AvgIpc) is 2.88. The van der Waals surface area contributed by atoms with Gasteiger partial charge in [0.1, 0.15) is 11.1 Å². The molecular weight excluding hydrogens is 268 g/mol. The normalized spacial score (nSPS) is 17.6. The van der Waals surface area contributed by atoms with Gasteiger partial charge in [-0.3, -0.25) is 0 Å². The van der Waals surface area contributed by atoms with E-state index in [4.69, 9.17) is 0 Å². The SMILES string of the molecule is N#C/C(=C1\C(=N\O)Sc2ccccc21)c1ccccc1. The van der Waals surface area contributed by atoms with Gasteiger partial charge in [0.2, 0.25) is 0 Å². The van der Waals surface area contributed by atoms with Crippen molar-refractivity contribution in [2.75, 3.05) is 0 Å². The van der Waals surface area contributed by atoms with Crippen LogP contribution in [-0.2, 0) is 0 Å². The maximum Gasteiger partial charge on any atom is 0.149 e. The van der Waals surface area contributed by atoms with E-state index in [2.05, 4.69) is 11.2 Å². The van der Waals surface area contributed by atoms with Gasteiger partial charge in [-0.1, -0.05) is 65.4 Å². The standard InChI is InChI=1S/C16H10N2OS/c17-10-13(11-6-2-1-3-7-11)15-12-8-4-5-9-14(12)20-16(15)18-19/h1-9,19H/b15-13+,18-16-. The van der Waals surface area contributed by atoms with E-state index in [0.29, 0.717) is 16.2 Å². The van der Waals surface area contributed by atoms with Crippen LogP contribution in [0.2, 0.25) is 0 Å². The van der Waals surface area contributed by atoms with E-state index in [1.165, 1.54) is 11.8 Å². The van der Waals surface area contributed by atoms with Crippen LogP contribution in [0.25, 0.3) is 11.1 Å². The Hall–Kier alpha value is -2.51. The third kappa shape index (κ3) is 1.98. The summed E-state index contributed by atoms with van der Waals surface area (Å²) in [7, 11) is 0. The molecule has 0 aromatic heterocycles. The molecule has 2 aromatic carbocycles. The molecule has 0 saturated heterocycles. The van der Waals surface area contributed by atoms with Gasteiger partial charge < -0.3 is 5.21 Å². The molecule has 3 nitrogen and oxygen atoms in total. The molecule has 1 aliphatic heterocycles. The van der Waals surface area contributed by atoms with Gasteiger partial charge in [-0.15, -0.1) is 0 Å². The highest BCUT2D eigenvalue weighted by Gasteiger charge is 2.27. The van der Waals surface area contributed by atoms with Gasteiger partial charge in [0.15, 0.2) is 0 Å². The Bertz CT molecular complexity index is 758. The Labute approximate surface area is 120 Å². The molecule has 0 unspecified atom stereocenters. The first kappa shape index (κ1) is 12.5. The largest absolute Gasteiger partial charge is 0.410 e. The fourth-order valence-electron chi connectivity index (χ4n) is 2.21. The second-order valence-corrected chi connectivity index (χ2v) is 5.26. The van der Waals surface area contributed by atoms with Crippen LogP contribution in [0.15, 0.2) is 64.6 Å². The van der Waals surface area contributed by atoms with Crippen LogP contribution in [0.1, 0.15) is 11.1 Å². The lowest BCUT2D eigenvalue weighted by Gasteiger charge is -2.05. The van der Waals surface area contributed by atoms with Crippen LogP contribution in [0.3, 0.4) is 0 Å². The van der Waals surface area contributed by atoms with Crippen LogP contribution in [0, 0.1) is 11.3 Å². The summed E-state index contributed by atoms with van der Waals surface area (Å²) in [5.41, 5.74) is 2.98. The van der Waals surface area contributed by atoms with Crippen molar-refractivity contribution in [2.24, 2.45) is 5.16 Å². The van der Waals surface area contributed by atoms with Crippen LogP contribution in [0.5, 0.6) is 0 Å². The molecule has 2 aromatic rings. The number of nitriles is 1. The van der Waals surface area contributed by atoms with Crippen LogP contribution < -0.4 is 0 Å². The predicted octanol–water partition coefficient (Wildman–Crippen LogP) is 4.01. The van der Waals surface area contributed by atoms with Crippen molar-refractivity contribution in [3.63, 3.8) is 0 Å². The minimum atomic E-state index is 0.464. The number of oxime groups is 1. The molecule has 0 fully saturated rings. The van der Waals surface area contributed by atoms with Gasteiger partial charge >= 0.3 is 0 Å². The molecule has 4 heteroatoms. The molecule has 0 bridgehead atoms. The molecule has 1 aliphatic rings. The summed E-state index contributed by atoms with van der Waals surface area (Å²) in [6, 6.07) is 19.4. The summed E-state index contributed by atoms with van der Waals surface area (Å²) in [6.45, 7) is 0. The number of thioether (sulfide) groups is 1. The lowest BCUT2D eigenvalue weighted by atomic mass is 9.96. The molecule has 96 valence electrons. The Morgan fingerprint density at radius 3 is 2.45 bits per heavy atom. The van der Waals surface area contributed by atoms with Gasteiger partial charge in [0, 0.05) is 10.5 Å². The summed E-state index contributed by atoms with van der Waals surface area (Å²) < 4.78 is 0. The van der Waals surface area contributed by atoms with Gasteiger partial charge in [-0.05, 0) is 17.2 Å². The number of benzene rings is 2. The first-order valence-corrected chi connectivity index (χ1v) is 6.86. The number of hydrogen-bond donors (Lipinski definition) is 1. The van der Waals surface area contributed by atoms with E-state index in [9.17, 15) is 10.5 Å². The zero-order valence-electron chi connectivity index (χ0n) is 10.4. The minimum absolute atomic E-state index is 0.464. The summed E-state index contributed by atoms with van der Waals surface area (Å²) in [6.07, 6.45) is 0. The van der Waals surface area contributed by atoms with Crippen molar-refractivity contribution in [1.82, 2.24) is 0 Å². The lowest BCUT2D eigenvalue weighted by molar-refractivity contribution is 0.321. The number of hydrogen-bond acceptors (Lipinski definition) is 4. The summed E-state index contributed by atoms with van der Waals surface area (Å²) >= 11 is 1.37. The maximum absolute atomic E-state index is 9.52. The number of fused-ring (bicyclic) bond motifs is 1. The van der Waals surface area contributed by atoms with Crippen molar-refractivity contribution >= 4 is 28.0 Å². The molecule has 0 spiro atoms. The van der Waals surface area contributed by atoms with E-state index in [-0.39, 0.29) is 0 Å². The molecule has 0 atom stereocenters. The third-order valence-corrected chi connectivity index (χ3v) is 4.15. The zero-order chi connectivity index (χ0) is 13.9. The highest BCUT2D eigenvalue weighted by Crippen LogP contribution is 2.44. The summed E-state index contributed by atoms with van der Waals surface area (Å²) in [4.78, 5) is 0.999. The average molecular weight is 278 g/mol. The number of allylic oxidation sites excluding steroid dienone is 1. The van der Waals surface area contributed by atoms with E-state index >= 15 is 0 Å². The zero-order valence-corrected chi connectivity index (χ0v) is 11.3. The number of rotatable bonds is 1. The lowest BCUT2D eigenvalue weighted by Crippen LogP contribution is -1.95. The van der Waals surface area contributed by atoms with Crippen molar-refractivity contribution in [1.29, 1.82) is 5.26 Å². The Morgan fingerprint density at radius 2 is 1.75 bits per heavy atom. The fourth-order valence-corrected chi connectivity index (χ4v) is 3.20. The summed E-state index contributed by atoms with van der Waals surface area (Å²) in [5, 5.41) is 22.6. The Morgan fingerprint density at radius 1 is 1.05 bits per heavy atom. The minimum Gasteiger partial charge on any atom is -0.410 e. The quantitative estimate of drug-likeness (QED) is 0.487.